The topological polar surface area (TPSA) is 3.24 Å². The van der Waals surface area contributed by atoms with E-state index in [1.807, 2.05) is 11.3 Å². The molecule has 8 aromatic carbocycles. The van der Waals surface area contributed by atoms with Gasteiger partial charge in [0.1, 0.15) is 0 Å². The molecule has 2 heteroatoms. The first kappa shape index (κ1) is 29.9. The van der Waals surface area contributed by atoms with Crippen molar-refractivity contribution in [2.24, 2.45) is 0 Å². The second kappa shape index (κ2) is 13.0. The van der Waals surface area contributed by atoms with E-state index >= 15 is 0 Å². The molecule has 0 bridgehead atoms. The number of nitrogens with zero attached hydrogens (tertiary/aromatic N) is 1. The molecule has 1 aromatic heterocycles. The van der Waals surface area contributed by atoms with Crippen LogP contribution < -0.4 is 4.90 Å². The van der Waals surface area contributed by atoms with Crippen molar-refractivity contribution >= 4 is 48.6 Å². The zero-order chi connectivity index (χ0) is 33.3. The third kappa shape index (κ3) is 5.46. The highest BCUT2D eigenvalue weighted by Gasteiger charge is 2.19. The van der Waals surface area contributed by atoms with E-state index in [1.54, 1.807) is 0 Å². The summed E-state index contributed by atoms with van der Waals surface area (Å²) in [7, 11) is 0. The quantitative estimate of drug-likeness (QED) is 0.165. The van der Waals surface area contributed by atoms with Crippen LogP contribution in [-0.4, -0.2) is 0 Å². The van der Waals surface area contributed by atoms with E-state index in [0.29, 0.717) is 0 Å². The van der Waals surface area contributed by atoms with Crippen LogP contribution >= 0.6 is 11.3 Å². The summed E-state index contributed by atoms with van der Waals surface area (Å²) >= 11 is 1.86. The van der Waals surface area contributed by atoms with Crippen LogP contribution in [0.1, 0.15) is 0 Å². The van der Waals surface area contributed by atoms with Gasteiger partial charge in [-0.3, -0.25) is 0 Å². The smallest absolute Gasteiger partial charge is 0.0640 e. The molecule has 0 fully saturated rings. The molecule has 0 atom stereocenters. The Labute approximate surface area is 297 Å². The van der Waals surface area contributed by atoms with Crippen LogP contribution in [0.2, 0.25) is 0 Å². The van der Waals surface area contributed by atoms with Gasteiger partial charge in [0, 0.05) is 26.8 Å². The third-order valence-corrected chi connectivity index (χ3v) is 10.7. The maximum Gasteiger partial charge on any atom is 0.0640 e. The molecule has 0 unspecified atom stereocenters. The van der Waals surface area contributed by atoms with Crippen molar-refractivity contribution in [3.8, 4) is 44.5 Å². The lowest BCUT2D eigenvalue weighted by atomic mass is 9.94. The van der Waals surface area contributed by atoms with Crippen molar-refractivity contribution in [2.45, 2.75) is 0 Å². The first-order chi connectivity index (χ1) is 24.8. The van der Waals surface area contributed by atoms with Gasteiger partial charge in [-0.1, -0.05) is 164 Å². The van der Waals surface area contributed by atoms with Crippen LogP contribution in [0.5, 0.6) is 0 Å². The highest BCUT2D eigenvalue weighted by atomic mass is 32.1. The zero-order valence-corrected chi connectivity index (χ0v) is 28.2. The van der Waals surface area contributed by atoms with Gasteiger partial charge >= 0.3 is 0 Å². The Balaban J connectivity index is 1.17. The number of fused-ring (bicyclic) bond motifs is 3. The Kier molecular flexibility index (Phi) is 7.77. The number of hydrogen-bond donors (Lipinski definition) is 0. The van der Waals surface area contributed by atoms with Crippen LogP contribution in [0, 0.1) is 0 Å². The molecule has 0 aliphatic carbocycles. The highest BCUT2D eigenvalue weighted by Crippen LogP contribution is 2.45. The van der Waals surface area contributed by atoms with Gasteiger partial charge in [-0.15, -0.1) is 11.3 Å². The molecule has 50 heavy (non-hydrogen) atoms. The van der Waals surface area contributed by atoms with Gasteiger partial charge in [0.2, 0.25) is 0 Å². The molecule has 0 radical (unpaired) electrons. The molecule has 1 nitrogen and oxygen atoms in total. The maximum atomic E-state index is 2.41. The Morgan fingerprint density at radius 2 is 0.700 bits per heavy atom. The SMILES string of the molecule is c1ccc(-c2ccccc2-c2ccc(N(c3ccc(-c4ccccc4-c4ccccc4)cc3)c3cccc4c3sc3ccccc34)cc2)cc1. The van der Waals surface area contributed by atoms with E-state index in [1.165, 1.54) is 70.4 Å². The lowest BCUT2D eigenvalue weighted by molar-refractivity contribution is 1.30. The Morgan fingerprint density at radius 3 is 1.20 bits per heavy atom. The second-order valence-corrected chi connectivity index (χ2v) is 13.6. The van der Waals surface area contributed by atoms with Crippen molar-refractivity contribution in [1.82, 2.24) is 0 Å². The standard InChI is InChI=1S/C48H33NS/c1-3-14-34(15-4-1)40-18-7-9-20-42(40)36-26-30-38(31-27-36)49(46-24-13-23-45-44-22-11-12-25-47(44)50-48(45)46)39-32-28-37(29-33-39)43-21-10-8-19-41(43)35-16-5-2-6-17-35/h1-33H. The summed E-state index contributed by atoms with van der Waals surface area (Å²) in [5.41, 5.74) is 13.2. The first-order valence-electron chi connectivity index (χ1n) is 17.0. The summed E-state index contributed by atoms with van der Waals surface area (Å²) in [4.78, 5) is 2.41. The van der Waals surface area contributed by atoms with E-state index in [2.05, 4.69) is 205 Å². The van der Waals surface area contributed by atoms with Crippen LogP contribution in [0.15, 0.2) is 200 Å². The lowest BCUT2D eigenvalue weighted by Crippen LogP contribution is -2.10. The average Bonchev–Trinajstić information content (AvgIpc) is 3.59. The normalized spacial score (nSPS) is 11.2. The zero-order valence-electron chi connectivity index (χ0n) is 27.4. The predicted octanol–water partition coefficient (Wildman–Crippen LogP) is 14.2. The number of anilines is 3. The van der Waals surface area contributed by atoms with E-state index in [9.17, 15) is 0 Å². The van der Waals surface area contributed by atoms with Crippen molar-refractivity contribution in [1.29, 1.82) is 0 Å². The van der Waals surface area contributed by atoms with Gasteiger partial charge in [-0.05, 0) is 80.9 Å². The molecular weight excluding hydrogens is 623 g/mol. The molecule has 1 heterocycles. The number of rotatable bonds is 7. The molecule has 9 aromatic rings. The molecule has 0 spiro atoms. The lowest BCUT2D eigenvalue weighted by Gasteiger charge is -2.26. The van der Waals surface area contributed by atoms with Gasteiger partial charge in [0.05, 0.1) is 10.4 Å². The average molecular weight is 656 g/mol. The van der Waals surface area contributed by atoms with E-state index < -0.39 is 0 Å². The van der Waals surface area contributed by atoms with Crippen molar-refractivity contribution in [2.75, 3.05) is 4.90 Å². The minimum Gasteiger partial charge on any atom is -0.309 e. The van der Waals surface area contributed by atoms with E-state index in [4.69, 9.17) is 0 Å². The maximum absolute atomic E-state index is 2.41. The fourth-order valence-corrected chi connectivity index (χ4v) is 8.33. The van der Waals surface area contributed by atoms with E-state index in [-0.39, 0.29) is 0 Å². The molecule has 0 saturated carbocycles. The molecule has 0 aliphatic heterocycles. The molecule has 0 aliphatic rings. The minimum atomic E-state index is 1.12. The predicted molar refractivity (Wildman–Crippen MR) is 216 cm³/mol. The summed E-state index contributed by atoms with van der Waals surface area (Å²) < 4.78 is 2.58. The van der Waals surface area contributed by atoms with Crippen LogP contribution in [-0.2, 0) is 0 Å². The van der Waals surface area contributed by atoms with Gasteiger partial charge in [-0.25, -0.2) is 0 Å². The van der Waals surface area contributed by atoms with Gasteiger partial charge in [-0.2, -0.15) is 0 Å². The third-order valence-electron chi connectivity index (χ3n) is 9.52. The monoisotopic (exact) mass is 655 g/mol. The van der Waals surface area contributed by atoms with E-state index in [0.717, 1.165) is 11.4 Å². The largest absolute Gasteiger partial charge is 0.309 e. The molecular formula is C48H33NS. The van der Waals surface area contributed by atoms with Crippen LogP contribution in [0.3, 0.4) is 0 Å². The molecule has 0 amide bonds. The van der Waals surface area contributed by atoms with Crippen molar-refractivity contribution in [3.05, 3.63) is 200 Å². The Morgan fingerprint density at radius 1 is 0.300 bits per heavy atom. The van der Waals surface area contributed by atoms with Gasteiger partial charge in [0.15, 0.2) is 0 Å². The number of benzene rings is 8. The molecule has 0 saturated heterocycles. The van der Waals surface area contributed by atoms with Crippen molar-refractivity contribution < 1.29 is 0 Å². The van der Waals surface area contributed by atoms with Gasteiger partial charge < -0.3 is 4.90 Å². The number of thiophene rings is 1. The Bertz CT molecular complexity index is 2440. The van der Waals surface area contributed by atoms with Crippen LogP contribution in [0.25, 0.3) is 64.7 Å². The summed E-state index contributed by atoms with van der Waals surface area (Å²) in [6, 6.07) is 72.2. The minimum absolute atomic E-state index is 1.12. The summed E-state index contributed by atoms with van der Waals surface area (Å²) in [6.07, 6.45) is 0. The van der Waals surface area contributed by atoms with Crippen LogP contribution in [0.4, 0.5) is 17.1 Å². The van der Waals surface area contributed by atoms with Gasteiger partial charge in [0.25, 0.3) is 0 Å². The fraction of sp³-hybridized carbons (Fsp3) is 0. The first-order valence-corrected chi connectivity index (χ1v) is 17.8. The summed E-state index contributed by atoms with van der Waals surface area (Å²) in [5.74, 6) is 0. The fourth-order valence-electron chi connectivity index (χ4n) is 7.12. The summed E-state index contributed by atoms with van der Waals surface area (Å²) in [6.45, 7) is 0. The molecule has 0 N–H and O–H groups in total. The highest BCUT2D eigenvalue weighted by molar-refractivity contribution is 7.26. The Hall–Kier alpha value is -6.22. The summed E-state index contributed by atoms with van der Waals surface area (Å²) in [5, 5.41) is 2.59. The second-order valence-electron chi connectivity index (χ2n) is 12.5. The van der Waals surface area contributed by atoms with Crippen molar-refractivity contribution in [3.63, 3.8) is 0 Å². The molecule has 9 rings (SSSR count). The number of hydrogen-bond acceptors (Lipinski definition) is 2. The molecule has 236 valence electrons.